The Morgan fingerprint density at radius 1 is 0.629 bits per heavy atom. The van der Waals surface area contributed by atoms with Gasteiger partial charge < -0.3 is 36.3 Å². The molecule has 15 rings (SSSR count). The van der Waals surface area contributed by atoms with Gasteiger partial charge in [0.15, 0.2) is 3.23 Å². The maximum absolute atomic E-state index is 11.6. The van der Waals surface area contributed by atoms with Crippen molar-refractivity contribution in [2.24, 2.45) is 0 Å². The highest BCUT2D eigenvalue weighted by Gasteiger charge is 2.44. The summed E-state index contributed by atoms with van der Waals surface area (Å²) in [5.41, 5.74) is 10.9. The Labute approximate surface area is 455 Å². The molecular weight excluding hydrogens is 1220 g/mol. The molecule has 14 nitrogen and oxygen atoms in total. The number of hydrogen-bond donors (Lipinski definition) is 7. The van der Waals surface area contributed by atoms with Gasteiger partial charge in [-0.25, -0.2) is 24.9 Å². The number of aromatic amines is 1. The van der Waals surface area contributed by atoms with E-state index in [1.807, 2.05) is 37.1 Å². The number of pyridine rings is 5. The maximum Gasteiger partial charge on any atom is 0.454 e. The van der Waals surface area contributed by atoms with E-state index < -0.39 is 10.4 Å². The molecule has 5 fully saturated rings. The number of nitrogens with one attached hydrogen (secondary N) is 5. The summed E-state index contributed by atoms with van der Waals surface area (Å²) < 4.78 is 5.99. The number of rotatable bonds is 5. The Kier molecular flexibility index (Phi) is 15.8. The third-order valence-electron chi connectivity index (χ3n) is 13.4. The smallest absolute Gasteiger partial charge is 0.427 e. The molecule has 7 N–H and O–H groups in total. The Bertz CT molecular complexity index is 2900. The molecule has 5 aliphatic carbocycles. The minimum absolute atomic E-state index is 0.0652. The number of carbonyl (C=O) groups is 2. The van der Waals surface area contributed by atoms with Gasteiger partial charge in [-0.2, -0.15) is 0 Å². The lowest BCUT2D eigenvalue weighted by atomic mass is 9.84. The number of H-pyrrole nitrogens is 1. The standard InChI is InChI=1S/C10H8Br2N2O.C10H9ClN2.C10H10N2O.C10H12N2.C7H7BrN2.C3H7BO2.HI/c11-10(12)7-3-6(5-1-2-5)4-13-8(7)14-9(10)15;11-9-4-7-3-8(6-1-2-6)5-12-10(7)13-9;13-9-4-7-3-8(6-1-2-6)5-11-10(7)12-9;1-2-7(1)9-5-8-3-4-11-10(8)12-6-9;8-6-3-5-1-2-9-7(5)10-4-6;5-4(6)3-1-2-3;/h3-5H,1-2H2,(H,13,14,15);3-6H,1-2H2,(H,12,13);3,5-6H,1-2,4H2,(H,11,12,13);5-7H,1-4H2,(H,11,12);3-4H,1-2H2,(H,9,10);3,5-6H,1-2H2;1H/i/hD. The lowest BCUT2D eigenvalue weighted by molar-refractivity contribution is -0.116. The quantitative estimate of drug-likeness (QED) is 0.0492. The van der Waals surface area contributed by atoms with Gasteiger partial charge in [-0.3, -0.25) is 9.59 Å². The first-order chi connectivity index (χ1) is 34.3. The van der Waals surface area contributed by atoms with E-state index in [-0.39, 0.29) is 17.6 Å². The van der Waals surface area contributed by atoms with Gasteiger partial charge in [0.1, 0.15) is 34.7 Å². The fourth-order valence-corrected chi connectivity index (χ4v) is 9.94. The zero-order valence-corrected chi connectivity index (χ0v) is 45.9. The number of carbonyl (C=O) groups excluding carboxylic acids is 2. The summed E-state index contributed by atoms with van der Waals surface area (Å²) >= 11 is 17.4. The van der Waals surface area contributed by atoms with Crippen molar-refractivity contribution < 1.29 is 19.6 Å². The lowest BCUT2D eigenvalue weighted by Crippen LogP contribution is -2.20. The molecular formula is C50H54BBr3ClIN10O4. The van der Waals surface area contributed by atoms with Gasteiger partial charge in [0.2, 0.25) is 5.91 Å². The van der Waals surface area contributed by atoms with Crippen LogP contribution in [0.4, 0.5) is 23.3 Å². The second-order valence-corrected chi connectivity index (χ2v) is 23.9. The number of amides is 2. The molecule has 9 aliphatic rings. The average molecular weight is 1270 g/mol. The topological polar surface area (TPSA) is 203 Å². The number of aromatic nitrogens is 6. The highest BCUT2D eigenvalue weighted by atomic mass is 127. The van der Waals surface area contributed by atoms with E-state index in [1.54, 1.807) is 0 Å². The van der Waals surface area contributed by atoms with Crippen LogP contribution in [0.1, 0.15) is 132 Å². The molecule has 70 heavy (non-hydrogen) atoms. The van der Waals surface area contributed by atoms with Gasteiger partial charge in [0.25, 0.3) is 5.91 Å². The predicted molar refractivity (Wildman–Crippen MR) is 297 cm³/mol. The summed E-state index contributed by atoms with van der Waals surface area (Å²) in [4.78, 5) is 47.1. The molecule has 2 amide bonds. The first kappa shape index (κ1) is 49.8. The number of hydrogen-bond acceptors (Lipinski definition) is 11. The van der Waals surface area contributed by atoms with E-state index >= 15 is 0 Å². The lowest BCUT2D eigenvalue weighted by Gasteiger charge is -2.10. The van der Waals surface area contributed by atoms with E-state index in [0.717, 1.165) is 94.7 Å². The molecule has 0 spiro atoms. The molecule has 0 unspecified atom stereocenters. The van der Waals surface area contributed by atoms with Gasteiger partial charge in [-0.15, -0.1) is 23.8 Å². The monoisotopic (exact) mass is 1270 g/mol. The third-order valence-corrected chi connectivity index (χ3v) is 15.6. The first-order valence-electron chi connectivity index (χ1n) is 24.3. The van der Waals surface area contributed by atoms with Crippen LogP contribution in [0.25, 0.3) is 11.0 Å². The Balaban J connectivity index is 0.000000106. The van der Waals surface area contributed by atoms with Crippen LogP contribution in [0, 0.1) is 0 Å². The van der Waals surface area contributed by atoms with Crippen molar-refractivity contribution in [3.05, 3.63) is 122 Å². The van der Waals surface area contributed by atoms with E-state index in [0.29, 0.717) is 29.2 Å². The van der Waals surface area contributed by atoms with Crippen molar-refractivity contribution in [2.75, 3.05) is 34.4 Å². The summed E-state index contributed by atoms with van der Waals surface area (Å²) in [5.74, 6) is 6.69. The summed E-state index contributed by atoms with van der Waals surface area (Å²) in [5, 5.41) is 30.2. The highest BCUT2D eigenvalue weighted by molar-refractivity contribution is 14.0. The minimum atomic E-state index is -1.04. The molecule has 366 valence electrons. The van der Waals surface area contributed by atoms with Gasteiger partial charge in [-0.05, 0) is 173 Å². The maximum atomic E-state index is 11.6. The zero-order valence-electron chi connectivity index (χ0n) is 39.3. The number of anilines is 4. The molecule has 0 radical (unpaired) electrons. The Hall–Kier alpha value is -3.73. The van der Waals surface area contributed by atoms with Crippen molar-refractivity contribution in [1.29, 1.82) is 0.594 Å². The molecule has 5 saturated carbocycles. The van der Waals surface area contributed by atoms with Crippen LogP contribution >= 0.6 is 83.2 Å². The van der Waals surface area contributed by atoms with E-state index in [1.165, 1.54) is 109 Å². The molecule has 0 atom stereocenters. The van der Waals surface area contributed by atoms with E-state index in [4.69, 9.17) is 22.2 Å². The average Bonchev–Trinajstić information content (AvgIpc) is 4.12. The molecule has 6 aromatic heterocycles. The molecule has 0 saturated heterocycles. The van der Waals surface area contributed by atoms with Crippen LogP contribution in [-0.4, -0.2) is 72.6 Å². The number of nitrogens with zero attached hydrogens (tertiary/aromatic N) is 5. The van der Waals surface area contributed by atoms with Crippen LogP contribution in [-0.2, 0) is 32.1 Å². The molecule has 10 heterocycles. The van der Waals surface area contributed by atoms with Crippen molar-refractivity contribution in [3.63, 3.8) is 0 Å². The molecule has 6 aromatic rings. The van der Waals surface area contributed by atoms with Crippen LogP contribution in [0.5, 0.6) is 0 Å². The SMILES string of the molecule is Brc1cnc2c(c1)CCN2.Clc1cc2cc(C3CC3)cnc2[nH]1.O=C1Cc2cc(C3CC3)cnc2N1.O=C1Nc2ncc(C3CC3)cc2C1(Br)Br.OB(O)C1CC1.[2H]I.c1nc2c(cc1C1CC1)CCN2. The Morgan fingerprint density at radius 2 is 1.13 bits per heavy atom. The second-order valence-electron chi connectivity index (χ2n) is 19.2. The third kappa shape index (κ3) is 13.1. The van der Waals surface area contributed by atoms with E-state index in [2.05, 4.69) is 129 Å². The van der Waals surface area contributed by atoms with Gasteiger partial charge >= 0.3 is 7.12 Å². The first-order valence-corrected chi connectivity index (χ1v) is 26.7. The number of alkyl halides is 2. The number of halogens is 5. The molecule has 4 aliphatic heterocycles. The molecule has 0 bridgehead atoms. The normalized spacial score (nSPS) is 19.0. The summed E-state index contributed by atoms with van der Waals surface area (Å²) in [7, 11) is -1.04. The van der Waals surface area contributed by atoms with E-state index in [9.17, 15) is 9.59 Å². The zero-order chi connectivity index (χ0) is 49.8. The van der Waals surface area contributed by atoms with Gasteiger partial charge in [0, 0.05) is 65.1 Å². The van der Waals surface area contributed by atoms with Crippen molar-refractivity contribution in [2.45, 2.75) is 116 Å². The predicted octanol–water partition coefficient (Wildman–Crippen LogP) is 11.4. The van der Waals surface area contributed by atoms with Crippen molar-refractivity contribution in [1.82, 2.24) is 29.9 Å². The van der Waals surface area contributed by atoms with Crippen molar-refractivity contribution in [3.8, 4) is 0 Å². The summed E-state index contributed by atoms with van der Waals surface area (Å²) in [6.07, 6.45) is 24.7. The van der Waals surface area contributed by atoms with Crippen LogP contribution in [0.2, 0.25) is 11.0 Å². The van der Waals surface area contributed by atoms with Gasteiger partial charge in [-0.1, -0.05) is 62.4 Å². The Morgan fingerprint density at radius 3 is 1.69 bits per heavy atom. The molecule has 20 heteroatoms. The summed E-state index contributed by atoms with van der Waals surface area (Å²) in [6, 6.07) is 12.7. The number of fused-ring (bicyclic) bond motifs is 5. The largest absolute Gasteiger partial charge is 0.454 e. The van der Waals surface area contributed by atoms with Crippen LogP contribution in [0.3, 0.4) is 0 Å². The molecule has 0 aromatic carbocycles. The van der Waals surface area contributed by atoms with Crippen molar-refractivity contribution >= 4 is 136 Å². The summed E-state index contributed by atoms with van der Waals surface area (Å²) in [6.45, 7) is 2.09. The minimum Gasteiger partial charge on any atom is -0.427 e. The van der Waals surface area contributed by atoms with Gasteiger partial charge in [0.05, 0.1) is 6.42 Å². The highest BCUT2D eigenvalue weighted by Crippen LogP contribution is 2.49. The fourth-order valence-electron chi connectivity index (χ4n) is 8.55. The van der Waals surface area contributed by atoms with Crippen LogP contribution in [0.15, 0.2) is 71.9 Å². The van der Waals surface area contributed by atoms with Crippen LogP contribution < -0.4 is 21.3 Å². The second kappa shape index (κ2) is 22.2. The fraction of sp³-hybridized carbons (Fsp3) is 0.420.